The summed E-state index contributed by atoms with van der Waals surface area (Å²) in [5.74, 6) is -0.153. The molecule has 2 atom stereocenters. The Kier molecular flexibility index (Phi) is 5.01. The Bertz CT molecular complexity index is 600. The number of halogens is 2. The highest BCUT2D eigenvalue weighted by Gasteiger charge is 2.22. The highest BCUT2D eigenvalue weighted by Crippen LogP contribution is 2.22. The molecule has 4 nitrogen and oxygen atoms in total. The minimum atomic E-state index is -0.600. The van der Waals surface area contributed by atoms with Gasteiger partial charge in [0.25, 0.3) is 0 Å². The van der Waals surface area contributed by atoms with Crippen LogP contribution in [0.2, 0.25) is 0 Å². The standard InChI is InChI=1S/C15H19F2N3O/c1-4-12(9(2)18-3)15-19-14(20-21-15)7-10-5-6-11(16)8-13(10)17/h5-6,8-9,12,18H,4,7H2,1-3H3. The normalized spacial score (nSPS) is 14.1. The number of hydrogen-bond donors (Lipinski definition) is 1. The Morgan fingerprint density at radius 3 is 2.71 bits per heavy atom. The van der Waals surface area contributed by atoms with Gasteiger partial charge in [0.2, 0.25) is 5.89 Å². The van der Waals surface area contributed by atoms with Gasteiger partial charge in [-0.2, -0.15) is 4.98 Å². The lowest BCUT2D eigenvalue weighted by Gasteiger charge is -2.17. The van der Waals surface area contributed by atoms with Crippen molar-refractivity contribution in [3.05, 3.63) is 47.1 Å². The van der Waals surface area contributed by atoms with Crippen LogP contribution >= 0.6 is 0 Å². The SMILES string of the molecule is CCC(c1nc(Cc2ccc(F)cc2F)no1)C(C)NC. The Morgan fingerprint density at radius 2 is 2.10 bits per heavy atom. The molecule has 1 N–H and O–H groups in total. The maximum Gasteiger partial charge on any atom is 0.231 e. The summed E-state index contributed by atoms with van der Waals surface area (Å²) < 4.78 is 31.8. The van der Waals surface area contributed by atoms with Gasteiger partial charge < -0.3 is 9.84 Å². The highest BCUT2D eigenvalue weighted by molar-refractivity contribution is 5.21. The molecule has 2 aromatic rings. The molecule has 0 bridgehead atoms. The zero-order valence-corrected chi connectivity index (χ0v) is 12.4. The Labute approximate surface area is 122 Å². The molecular weight excluding hydrogens is 276 g/mol. The number of rotatable bonds is 6. The van der Waals surface area contributed by atoms with Crippen LogP contribution in [-0.2, 0) is 6.42 Å². The van der Waals surface area contributed by atoms with Gasteiger partial charge in [0.1, 0.15) is 11.6 Å². The third-order valence-electron chi connectivity index (χ3n) is 3.66. The van der Waals surface area contributed by atoms with Gasteiger partial charge in [0.05, 0.1) is 5.92 Å². The number of aromatic nitrogens is 2. The molecule has 0 fully saturated rings. The predicted octanol–water partition coefficient (Wildman–Crippen LogP) is 3.04. The van der Waals surface area contributed by atoms with Crippen molar-refractivity contribution in [2.75, 3.05) is 7.05 Å². The zero-order chi connectivity index (χ0) is 15.4. The summed E-state index contributed by atoms with van der Waals surface area (Å²) >= 11 is 0. The summed E-state index contributed by atoms with van der Waals surface area (Å²) in [5, 5.41) is 7.05. The van der Waals surface area contributed by atoms with Gasteiger partial charge in [-0.05, 0) is 32.0 Å². The van der Waals surface area contributed by atoms with E-state index in [0.717, 1.165) is 12.5 Å². The van der Waals surface area contributed by atoms with Crippen LogP contribution in [0, 0.1) is 11.6 Å². The number of benzene rings is 1. The van der Waals surface area contributed by atoms with Crippen LogP contribution in [0.5, 0.6) is 0 Å². The minimum absolute atomic E-state index is 0.106. The van der Waals surface area contributed by atoms with Gasteiger partial charge in [-0.15, -0.1) is 0 Å². The summed E-state index contributed by atoms with van der Waals surface area (Å²) in [5.41, 5.74) is 0.346. The molecule has 114 valence electrons. The van der Waals surface area contributed by atoms with Crippen molar-refractivity contribution in [2.45, 2.75) is 38.6 Å². The van der Waals surface area contributed by atoms with Crippen LogP contribution < -0.4 is 5.32 Å². The van der Waals surface area contributed by atoms with Crippen LogP contribution in [0.15, 0.2) is 22.7 Å². The van der Waals surface area contributed by atoms with Crippen molar-refractivity contribution in [1.82, 2.24) is 15.5 Å². The van der Waals surface area contributed by atoms with Gasteiger partial charge in [0, 0.05) is 18.5 Å². The number of nitrogens with one attached hydrogen (secondary N) is 1. The van der Waals surface area contributed by atoms with Crippen molar-refractivity contribution in [3.8, 4) is 0 Å². The molecule has 0 radical (unpaired) electrons. The number of hydrogen-bond acceptors (Lipinski definition) is 4. The van der Waals surface area contributed by atoms with E-state index in [-0.39, 0.29) is 18.4 Å². The Morgan fingerprint density at radius 1 is 1.33 bits per heavy atom. The molecule has 0 saturated heterocycles. The zero-order valence-electron chi connectivity index (χ0n) is 12.4. The first kappa shape index (κ1) is 15.6. The van der Waals surface area contributed by atoms with E-state index in [1.54, 1.807) is 0 Å². The molecule has 1 aromatic carbocycles. The van der Waals surface area contributed by atoms with Crippen LogP contribution in [0.25, 0.3) is 0 Å². The van der Waals surface area contributed by atoms with E-state index >= 15 is 0 Å². The van der Waals surface area contributed by atoms with Gasteiger partial charge in [-0.25, -0.2) is 8.78 Å². The number of nitrogens with zero attached hydrogens (tertiary/aromatic N) is 2. The smallest absolute Gasteiger partial charge is 0.231 e. The third kappa shape index (κ3) is 3.64. The maximum atomic E-state index is 13.6. The van der Waals surface area contributed by atoms with E-state index < -0.39 is 11.6 Å². The van der Waals surface area contributed by atoms with Crippen molar-refractivity contribution >= 4 is 0 Å². The molecule has 0 aliphatic carbocycles. The van der Waals surface area contributed by atoms with Gasteiger partial charge in [0.15, 0.2) is 5.82 Å². The Balaban J connectivity index is 2.16. The summed E-state index contributed by atoms with van der Waals surface area (Å²) in [6.07, 6.45) is 1.04. The largest absolute Gasteiger partial charge is 0.339 e. The lowest BCUT2D eigenvalue weighted by molar-refractivity contribution is 0.320. The second-order valence-corrected chi connectivity index (χ2v) is 5.05. The van der Waals surface area contributed by atoms with Gasteiger partial charge in [-0.1, -0.05) is 18.1 Å². The summed E-state index contributed by atoms with van der Waals surface area (Å²) in [7, 11) is 1.87. The second-order valence-electron chi connectivity index (χ2n) is 5.05. The Hall–Kier alpha value is -1.82. The average molecular weight is 295 g/mol. The van der Waals surface area contributed by atoms with Crippen LogP contribution in [0.1, 0.15) is 43.5 Å². The third-order valence-corrected chi connectivity index (χ3v) is 3.66. The van der Waals surface area contributed by atoms with Crippen LogP contribution in [0.3, 0.4) is 0 Å². The summed E-state index contributed by atoms with van der Waals surface area (Å²) in [6, 6.07) is 3.67. The topological polar surface area (TPSA) is 51.0 Å². The fraction of sp³-hybridized carbons (Fsp3) is 0.467. The van der Waals surface area contributed by atoms with E-state index in [4.69, 9.17) is 4.52 Å². The molecule has 0 spiro atoms. The van der Waals surface area contributed by atoms with Crippen molar-refractivity contribution in [3.63, 3.8) is 0 Å². The van der Waals surface area contributed by atoms with E-state index in [1.165, 1.54) is 12.1 Å². The summed E-state index contributed by atoms with van der Waals surface area (Å²) in [6.45, 7) is 4.08. The molecule has 2 rings (SSSR count). The molecule has 1 aromatic heterocycles. The van der Waals surface area contributed by atoms with Gasteiger partial charge in [-0.3, -0.25) is 0 Å². The van der Waals surface area contributed by atoms with Crippen LogP contribution in [0.4, 0.5) is 8.78 Å². The molecule has 6 heteroatoms. The number of likely N-dealkylation sites (N-methyl/N-ethyl adjacent to an activating group) is 1. The van der Waals surface area contributed by atoms with E-state index in [0.29, 0.717) is 17.3 Å². The average Bonchev–Trinajstić information content (AvgIpc) is 2.91. The van der Waals surface area contributed by atoms with Gasteiger partial charge >= 0.3 is 0 Å². The van der Waals surface area contributed by atoms with Crippen molar-refractivity contribution in [1.29, 1.82) is 0 Å². The molecule has 21 heavy (non-hydrogen) atoms. The molecule has 0 aliphatic rings. The lowest BCUT2D eigenvalue weighted by atomic mass is 9.98. The lowest BCUT2D eigenvalue weighted by Crippen LogP contribution is -2.28. The van der Waals surface area contributed by atoms with E-state index in [1.807, 2.05) is 20.9 Å². The maximum absolute atomic E-state index is 13.6. The van der Waals surface area contributed by atoms with E-state index in [9.17, 15) is 8.78 Å². The molecular formula is C15H19F2N3O. The highest BCUT2D eigenvalue weighted by atomic mass is 19.1. The molecule has 1 heterocycles. The van der Waals surface area contributed by atoms with Crippen molar-refractivity contribution < 1.29 is 13.3 Å². The fourth-order valence-corrected chi connectivity index (χ4v) is 2.27. The predicted molar refractivity (Wildman–Crippen MR) is 75.0 cm³/mol. The quantitative estimate of drug-likeness (QED) is 0.890. The molecule has 0 amide bonds. The monoisotopic (exact) mass is 295 g/mol. The van der Waals surface area contributed by atoms with E-state index in [2.05, 4.69) is 15.5 Å². The first-order valence-corrected chi connectivity index (χ1v) is 6.98. The molecule has 0 saturated carbocycles. The first-order valence-electron chi connectivity index (χ1n) is 6.98. The second kappa shape index (κ2) is 6.76. The minimum Gasteiger partial charge on any atom is -0.339 e. The van der Waals surface area contributed by atoms with Crippen LogP contribution in [-0.4, -0.2) is 23.2 Å². The fourth-order valence-electron chi connectivity index (χ4n) is 2.27. The van der Waals surface area contributed by atoms with Crippen molar-refractivity contribution in [2.24, 2.45) is 0 Å². The summed E-state index contributed by atoms with van der Waals surface area (Å²) in [4.78, 5) is 4.33. The molecule has 0 aliphatic heterocycles. The molecule has 2 unspecified atom stereocenters. The first-order chi connectivity index (χ1) is 10.0.